The standard InChI is InChI=1S/C13H17Cl2NO/c14-12-7-11(8-13(15)9-12)10-1-3-16(4-2-10)5-6-17/h7-10,17H,1-6H2. The quantitative estimate of drug-likeness (QED) is 0.915. The molecule has 1 aromatic rings. The highest BCUT2D eigenvalue weighted by Crippen LogP contribution is 2.31. The van der Waals surface area contributed by atoms with E-state index in [9.17, 15) is 0 Å². The first-order valence-corrected chi connectivity index (χ1v) is 6.74. The smallest absolute Gasteiger partial charge is 0.0558 e. The lowest BCUT2D eigenvalue weighted by molar-refractivity contribution is 0.164. The zero-order chi connectivity index (χ0) is 12.3. The van der Waals surface area contributed by atoms with E-state index >= 15 is 0 Å². The molecule has 1 N–H and O–H groups in total. The molecule has 0 atom stereocenters. The molecule has 1 aromatic carbocycles. The SMILES string of the molecule is OCCN1CCC(c2cc(Cl)cc(Cl)c2)CC1. The number of hydrogen-bond donors (Lipinski definition) is 1. The van der Waals surface area contributed by atoms with Crippen LogP contribution in [0.4, 0.5) is 0 Å². The second-order valence-corrected chi connectivity index (χ2v) is 5.42. The summed E-state index contributed by atoms with van der Waals surface area (Å²) in [5.74, 6) is 0.543. The van der Waals surface area contributed by atoms with Gasteiger partial charge in [-0.25, -0.2) is 0 Å². The Hall–Kier alpha value is -0.280. The van der Waals surface area contributed by atoms with Crippen molar-refractivity contribution in [3.05, 3.63) is 33.8 Å². The minimum atomic E-state index is 0.244. The third-order valence-electron chi connectivity index (χ3n) is 3.36. The Morgan fingerprint density at radius 3 is 2.24 bits per heavy atom. The van der Waals surface area contributed by atoms with Crippen molar-refractivity contribution in [3.63, 3.8) is 0 Å². The van der Waals surface area contributed by atoms with Crippen molar-refractivity contribution in [1.82, 2.24) is 4.90 Å². The minimum Gasteiger partial charge on any atom is -0.395 e. The van der Waals surface area contributed by atoms with Crippen molar-refractivity contribution >= 4 is 23.2 Å². The van der Waals surface area contributed by atoms with E-state index in [0.29, 0.717) is 16.0 Å². The first-order chi connectivity index (χ1) is 8.19. The van der Waals surface area contributed by atoms with Crippen molar-refractivity contribution < 1.29 is 5.11 Å². The summed E-state index contributed by atoms with van der Waals surface area (Å²) in [4.78, 5) is 2.29. The van der Waals surface area contributed by atoms with Crippen LogP contribution in [-0.4, -0.2) is 36.2 Å². The highest BCUT2D eigenvalue weighted by molar-refractivity contribution is 6.34. The van der Waals surface area contributed by atoms with Crippen molar-refractivity contribution in [2.75, 3.05) is 26.2 Å². The number of nitrogens with zero attached hydrogens (tertiary/aromatic N) is 1. The molecule has 1 saturated heterocycles. The van der Waals surface area contributed by atoms with Crippen LogP contribution in [0.25, 0.3) is 0 Å². The van der Waals surface area contributed by atoms with Gasteiger partial charge >= 0.3 is 0 Å². The van der Waals surface area contributed by atoms with Crippen LogP contribution in [0.5, 0.6) is 0 Å². The second kappa shape index (κ2) is 6.05. The zero-order valence-corrected chi connectivity index (χ0v) is 11.2. The fraction of sp³-hybridized carbons (Fsp3) is 0.538. The van der Waals surface area contributed by atoms with Crippen molar-refractivity contribution in [3.8, 4) is 0 Å². The van der Waals surface area contributed by atoms with Gasteiger partial charge in [-0.15, -0.1) is 0 Å². The largest absolute Gasteiger partial charge is 0.395 e. The molecule has 0 saturated carbocycles. The molecular weight excluding hydrogens is 257 g/mol. The highest BCUT2D eigenvalue weighted by Gasteiger charge is 2.20. The number of β-amino-alcohol motifs (C(OH)–C–C–N with tert-alkyl or cyclic N) is 1. The van der Waals surface area contributed by atoms with Crippen LogP contribution in [0, 0.1) is 0 Å². The predicted octanol–water partition coefficient (Wildman–Crippen LogP) is 3.17. The number of likely N-dealkylation sites (tertiary alicyclic amines) is 1. The Morgan fingerprint density at radius 2 is 1.71 bits per heavy atom. The molecule has 17 heavy (non-hydrogen) atoms. The van der Waals surface area contributed by atoms with Gasteiger partial charge in [-0.2, -0.15) is 0 Å². The summed E-state index contributed by atoms with van der Waals surface area (Å²) < 4.78 is 0. The van der Waals surface area contributed by atoms with Crippen LogP contribution in [0.15, 0.2) is 18.2 Å². The summed E-state index contributed by atoms with van der Waals surface area (Å²) in [6.45, 7) is 3.10. The number of piperidine rings is 1. The summed E-state index contributed by atoms with van der Waals surface area (Å²) in [6, 6.07) is 5.80. The molecule has 2 nitrogen and oxygen atoms in total. The van der Waals surface area contributed by atoms with E-state index in [1.54, 1.807) is 6.07 Å². The van der Waals surface area contributed by atoms with Crippen LogP contribution in [0.1, 0.15) is 24.3 Å². The third-order valence-corrected chi connectivity index (χ3v) is 3.80. The van der Waals surface area contributed by atoms with Gasteiger partial charge in [-0.3, -0.25) is 0 Å². The van der Waals surface area contributed by atoms with Gasteiger partial charge in [0.1, 0.15) is 0 Å². The number of aliphatic hydroxyl groups is 1. The predicted molar refractivity (Wildman–Crippen MR) is 72.0 cm³/mol. The molecule has 1 fully saturated rings. The Labute approximate surface area is 112 Å². The highest BCUT2D eigenvalue weighted by atomic mass is 35.5. The van der Waals surface area contributed by atoms with Crippen molar-refractivity contribution in [1.29, 1.82) is 0 Å². The molecule has 4 heteroatoms. The van der Waals surface area contributed by atoms with Crippen LogP contribution in [-0.2, 0) is 0 Å². The Morgan fingerprint density at radius 1 is 1.12 bits per heavy atom. The molecule has 1 aliphatic rings. The van der Waals surface area contributed by atoms with Crippen LogP contribution < -0.4 is 0 Å². The third kappa shape index (κ3) is 3.59. The summed E-state index contributed by atoms with van der Waals surface area (Å²) >= 11 is 12.0. The lowest BCUT2D eigenvalue weighted by Crippen LogP contribution is -2.34. The monoisotopic (exact) mass is 273 g/mol. The fourth-order valence-electron chi connectivity index (χ4n) is 2.44. The zero-order valence-electron chi connectivity index (χ0n) is 9.70. The normalized spacial score (nSPS) is 18.5. The van der Waals surface area contributed by atoms with Gasteiger partial charge in [0.05, 0.1) is 6.61 Å². The van der Waals surface area contributed by atoms with Gasteiger partial charge < -0.3 is 10.0 Å². The maximum atomic E-state index is 8.90. The lowest BCUT2D eigenvalue weighted by Gasteiger charge is -2.31. The van der Waals surface area contributed by atoms with E-state index in [-0.39, 0.29) is 6.61 Å². The minimum absolute atomic E-state index is 0.244. The molecule has 1 heterocycles. The molecule has 0 bridgehead atoms. The lowest BCUT2D eigenvalue weighted by atomic mass is 9.89. The molecular formula is C13H17Cl2NO. The summed E-state index contributed by atoms with van der Waals surface area (Å²) in [5.41, 5.74) is 1.24. The molecule has 0 unspecified atom stereocenters. The number of hydrogen-bond acceptors (Lipinski definition) is 2. The molecule has 2 rings (SSSR count). The van der Waals surface area contributed by atoms with Gasteiger partial charge in [0.2, 0.25) is 0 Å². The molecule has 0 spiro atoms. The summed E-state index contributed by atoms with van der Waals surface area (Å²) in [6.07, 6.45) is 2.22. The van der Waals surface area contributed by atoms with E-state index in [1.807, 2.05) is 12.1 Å². The Kier molecular flexibility index (Phi) is 4.69. The average molecular weight is 274 g/mol. The fourth-order valence-corrected chi connectivity index (χ4v) is 2.99. The molecule has 0 radical (unpaired) electrons. The maximum Gasteiger partial charge on any atom is 0.0558 e. The van der Waals surface area contributed by atoms with Gasteiger partial charge in [0.15, 0.2) is 0 Å². The van der Waals surface area contributed by atoms with Crippen LogP contribution >= 0.6 is 23.2 Å². The van der Waals surface area contributed by atoms with E-state index in [4.69, 9.17) is 28.3 Å². The van der Waals surface area contributed by atoms with E-state index in [0.717, 1.165) is 32.5 Å². The molecule has 1 aliphatic heterocycles. The Bertz CT molecular complexity index is 355. The molecule has 94 valence electrons. The number of rotatable bonds is 3. The Balaban J connectivity index is 2.00. The molecule has 0 aromatic heterocycles. The van der Waals surface area contributed by atoms with Gasteiger partial charge in [0, 0.05) is 16.6 Å². The molecule has 0 aliphatic carbocycles. The van der Waals surface area contributed by atoms with Crippen LogP contribution in [0.3, 0.4) is 0 Å². The van der Waals surface area contributed by atoms with Gasteiger partial charge in [-0.05, 0) is 55.6 Å². The van der Waals surface area contributed by atoms with Crippen molar-refractivity contribution in [2.24, 2.45) is 0 Å². The second-order valence-electron chi connectivity index (χ2n) is 4.54. The summed E-state index contributed by atoms with van der Waals surface area (Å²) in [5, 5.41) is 10.3. The van der Waals surface area contributed by atoms with E-state index < -0.39 is 0 Å². The number of aliphatic hydroxyl groups excluding tert-OH is 1. The van der Waals surface area contributed by atoms with Gasteiger partial charge in [0.25, 0.3) is 0 Å². The van der Waals surface area contributed by atoms with E-state index in [2.05, 4.69) is 4.90 Å². The number of benzene rings is 1. The van der Waals surface area contributed by atoms with Gasteiger partial charge in [-0.1, -0.05) is 23.2 Å². The van der Waals surface area contributed by atoms with E-state index in [1.165, 1.54) is 5.56 Å². The first kappa shape index (κ1) is 13.2. The topological polar surface area (TPSA) is 23.5 Å². The average Bonchev–Trinajstić information content (AvgIpc) is 2.29. The van der Waals surface area contributed by atoms with Crippen molar-refractivity contribution in [2.45, 2.75) is 18.8 Å². The maximum absolute atomic E-state index is 8.90. The van der Waals surface area contributed by atoms with Crippen LogP contribution in [0.2, 0.25) is 10.0 Å². The number of halogens is 2. The summed E-state index contributed by atoms with van der Waals surface area (Å²) in [7, 11) is 0. The molecule has 0 amide bonds. The first-order valence-electron chi connectivity index (χ1n) is 5.98.